The van der Waals surface area contributed by atoms with Gasteiger partial charge in [-0.2, -0.15) is 5.10 Å². The first-order valence-electron chi connectivity index (χ1n) is 10.2. The van der Waals surface area contributed by atoms with Crippen molar-refractivity contribution in [2.24, 2.45) is 7.05 Å². The van der Waals surface area contributed by atoms with E-state index in [9.17, 15) is 4.79 Å². The predicted octanol–water partition coefficient (Wildman–Crippen LogP) is 4.41. The van der Waals surface area contributed by atoms with E-state index in [1.54, 1.807) is 23.1 Å². The zero-order chi connectivity index (χ0) is 20.8. The number of nitrogens with zero attached hydrogens (tertiary/aromatic N) is 4. The van der Waals surface area contributed by atoms with Gasteiger partial charge in [-0.1, -0.05) is 12.1 Å². The lowest BCUT2D eigenvalue weighted by Gasteiger charge is -2.31. The first-order valence-corrected chi connectivity index (χ1v) is 11.0. The van der Waals surface area contributed by atoms with Gasteiger partial charge in [0.05, 0.1) is 11.0 Å². The van der Waals surface area contributed by atoms with Gasteiger partial charge in [-0.25, -0.2) is 4.98 Å². The summed E-state index contributed by atoms with van der Waals surface area (Å²) in [6, 6.07) is 8.51. The zero-order valence-electron chi connectivity index (χ0n) is 17.4. The minimum Gasteiger partial charge on any atom is -0.380 e. The molecule has 0 spiro atoms. The predicted molar refractivity (Wildman–Crippen MR) is 120 cm³/mol. The average Bonchev–Trinajstić information content (AvgIpc) is 3.31. The van der Waals surface area contributed by atoms with Gasteiger partial charge in [-0.05, 0) is 48.4 Å². The molecule has 6 nitrogen and oxygen atoms in total. The number of piperidine rings is 1. The molecule has 1 saturated heterocycles. The van der Waals surface area contributed by atoms with Gasteiger partial charge in [-0.15, -0.1) is 11.3 Å². The largest absolute Gasteiger partial charge is 0.380 e. The fourth-order valence-corrected chi connectivity index (χ4v) is 5.47. The number of carbonyl (C=O) groups is 1. The Labute approximate surface area is 179 Å². The highest BCUT2D eigenvalue weighted by Gasteiger charge is 2.27. The molecule has 7 heteroatoms. The summed E-state index contributed by atoms with van der Waals surface area (Å²) in [4.78, 5) is 20.5. The number of thiophene rings is 1. The van der Waals surface area contributed by atoms with Gasteiger partial charge >= 0.3 is 0 Å². The summed E-state index contributed by atoms with van der Waals surface area (Å²) in [6.45, 7) is 3.52. The molecule has 0 unspecified atom stereocenters. The molecule has 3 aromatic heterocycles. The van der Waals surface area contributed by atoms with Gasteiger partial charge < -0.3 is 9.64 Å². The molecule has 1 aromatic carbocycles. The maximum absolute atomic E-state index is 13.2. The summed E-state index contributed by atoms with van der Waals surface area (Å²) in [5, 5.41) is 6.51. The number of ether oxygens (including phenoxy) is 1. The molecule has 1 aliphatic heterocycles. The van der Waals surface area contributed by atoms with E-state index in [1.165, 1.54) is 0 Å². The Hall–Kier alpha value is -2.77. The number of amides is 1. The number of pyridine rings is 1. The molecular weight excluding hydrogens is 396 g/mol. The first-order chi connectivity index (χ1) is 14.5. The average molecular weight is 421 g/mol. The van der Waals surface area contributed by atoms with Crippen LogP contribution in [0.15, 0.2) is 36.7 Å². The van der Waals surface area contributed by atoms with E-state index in [1.807, 2.05) is 31.3 Å². The Balaban J connectivity index is 1.50. The summed E-state index contributed by atoms with van der Waals surface area (Å²) >= 11 is 1.58. The number of hydrogen-bond acceptors (Lipinski definition) is 5. The van der Waals surface area contributed by atoms with Crippen molar-refractivity contribution < 1.29 is 9.53 Å². The molecule has 4 aromatic rings. The SMILES string of the molecule is CO[C@@H]1CCCN(C(=O)c2sc3cc(-c4cnc5nn(C)cc5c4)ccc3c2C)C1. The molecular formula is C23H24N4O2S. The minimum atomic E-state index is 0.121. The Morgan fingerprint density at radius 1 is 1.27 bits per heavy atom. The maximum atomic E-state index is 13.2. The van der Waals surface area contributed by atoms with Gasteiger partial charge in [0.15, 0.2) is 5.65 Å². The van der Waals surface area contributed by atoms with Crippen LogP contribution in [0.5, 0.6) is 0 Å². The molecule has 0 aliphatic carbocycles. The summed E-state index contributed by atoms with van der Waals surface area (Å²) in [6.07, 6.45) is 5.98. The smallest absolute Gasteiger partial charge is 0.264 e. The highest BCUT2D eigenvalue weighted by molar-refractivity contribution is 7.21. The zero-order valence-corrected chi connectivity index (χ0v) is 18.2. The third-order valence-electron chi connectivity index (χ3n) is 5.94. The summed E-state index contributed by atoms with van der Waals surface area (Å²) in [7, 11) is 3.63. The third-order valence-corrected chi connectivity index (χ3v) is 7.18. The number of methoxy groups -OCH3 is 1. The number of aryl methyl sites for hydroxylation is 2. The number of benzene rings is 1. The van der Waals surface area contributed by atoms with Crippen LogP contribution in [0.2, 0.25) is 0 Å². The quantitative estimate of drug-likeness (QED) is 0.493. The molecule has 1 fully saturated rings. The normalized spacial score (nSPS) is 17.2. The van der Waals surface area contributed by atoms with E-state index in [4.69, 9.17) is 4.74 Å². The molecule has 5 rings (SSSR count). The molecule has 0 radical (unpaired) electrons. The second-order valence-corrected chi connectivity index (χ2v) is 9.01. The fraction of sp³-hybridized carbons (Fsp3) is 0.348. The van der Waals surface area contributed by atoms with Crippen LogP contribution in [0.4, 0.5) is 0 Å². The highest BCUT2D eigenvalue weighted by Crippen LogP contribution is 2.35. The topological polar surface area (TPSA) is 60.2 Å². The molecule has 1 amide bonds. The standard InChI is InChI=1S/C23H24N4O2S/c1-14-19-7-6-15(16-9-17-12-26(2)25-22(17)24-11-16)10-20(19)30-21(14)23(28)27-8-4-5-18(13-27)29-3/h6-7,9-12,18H,4-5,8,13H2,1-3H3/t18-/m1/s1. The van der Waals surface area contributed by atoms with Crippen molar-refractivity contribution in [1.29, 1.82) is 0 Å². The molecule has 0 N–H and O–H groups in total. The van der Waals surface area contributed by atoms with Crippen LogP contribution in [0, 0.1) is 6.92 Å². The molecule has 1 aliphatic rings. The highest BCUT2D eigenvalue weighted by atomic mass is 32.1. The van der Waals surface area contributed by atoms with E-state index in [-0.39, 0.29) is 12.0 Å². The van der Waals surface area contributed by atoms with Gasteiger partial charge in [0.2, 0.25) is 0 Å². The Morgan fingerprint density at radius 3 is 2.97 bits per heavy atom. The second kappa shape index (κ2) is 7.49. The van der Waals surface area contributed by atoms with Crippen molar-refractivity contribution >= 4 is 38.4 Å². The Morgan fingerprint density at radius 2 is 2.13 bits per heavy atom. The molecule has 1 atom stereocenters. The molecule has 0 saturated carbocycles. The van der Waals surface area contributed by atoms with Crippen molar-refractivity contribution in [2.45, 2.75) is 25.9 Å². The number of hydrogen-bond donors (Lipinski definition) is 0. The van der Waals surface area contributed by atoms with Crippen LogP contribution in [0.25, 0.3) is 32.2 Å². The van der Waals surface area contributed by atoms with Gasteiger partial charge in [0, 0.05) is 55.3 Å². The van der Waals surface area contributed by atoms with Crippen LogP contribution in [0.1, 0.15) is 28.1 Å². The summed E-state index contributed by atoms with van der Waals surface area (Å²) in [5.74, 6) is 0.121. The van der Waals surface area contributed by atoms with E-state index in [0.29, 0.717) is 6.54 Å². The lowest BCUT2D eigenvalue weighted by Crippen LogP contribution is -2.42. The Bertz CT molecular complexity index is 1260. The minimum absolute atomic E-state index is 0.121. The van der Waals surface area contributed by atoms with Crippen LogP contribution in [-0.2, 0) is 11.8 Å². The monoisotopic (exact) mass is 420 g/mol. The van der Waals surface area contributed by atoms with Crippen molar-refractivity contribution in [1.82, 2.24) is 19.7 Å². The van der Waals surface area contributed by atoms with Crippen molar-refractivity contribution in [3.63, 3.8) is 0 Å². The van der Waals surface area contributed by atoms with Crippen molar-refractivity contribution in [3.8, 4) is 11.1 Å². The van der Waals surface area contributed by atoms with Crippen molar-refractivity contribution in [2.75, 3.05) is 20.2 Å². The Kier molecular flexibility index (Phi) is 4.79. The van der Waals surface area contributed by atoms with Crippen LogP contribution in [0.3, 0.4) is 0 Å². The van der Waals surface area contributed by atoms with E-state index < -0.39 is 0 Å². The van der Waals surface area contributed by atoms with Crippen LogP contribution in [-0.4, -0.2) is 51.9 Å². The third kappa shape index (κ3) is 3.28. The van der Waals surface area contributed by atoms with Gasteiger partial charge in [0.25, 0.3) is 5.91 Å². The van der Waals surface area contributed by atoms with Crippen LogP contribution < -0.4 is 0 Å². The summed E-state index contributed by atoms with van der Waals surface area (Å²) in [5.41, 5.74) is 3.96. The molecule has 30 heavy (non-hydrogen) atoms. The number of carbonyl (C=O) groups excluding carboxylic acids is 1. The number of rotatable bonds is 3. The van der Waals surface area contributed by atoms with Gasteiger partial charge in [-0.3, -0.25) is 9.48 Å². The number of aromatic nitrogens is 3. The maximum Gasteiger partial charge on any atom is 0.264 e. The van der Waals surface area contributed by atoms with Crippen LogP contribution >= 0.6 is 11.3 Å². The lowest BCUT2D eigenvalue weighted by molar-refractivity contribution is 0.0271. The number of fused-ring (bicyclic) bond motifs is 2. The fourth-order valence-electron chi connectivity index (χ4n) is 4.26. The van der Waals surface area contributed by atoms with E-state index in [0.717, 1.165) is 62.1 Å². The van der Waals surface area contributed by atoms with Crippen molar-refractivity contribution in [3.05, 3.63) is 47.1 Å². The second-order valence-electron chi connectivity index (χ2n) is 7.96. The molecule has 154 valence electrons. The van der Waals surface area contributed by atoms with E-state index in [2.05, 4.69) is 34.3 Å². The van der Waals surface area contributed by atoms with Gasteiger partial charge in [0.1, 0.15) is 0 Å². The number of likely N-dealkylation sites (tertiary alicyclic amines) is 1. The molecule has 4 heterocycles. The lowest BCUT2D eigenvalue weighted by atomic mass is 10.0. The summed E-state index contributed by atoms with van der Waals surface area (Å²) < 4.78 is 8.39. The van der Waals surface area contributed by atoms with E-state index >= 15 is 0 Å². The molecule has 0 bridgehead atoms. The first kappa shape index (κ1) is 19.2.